The van der Waals surface area contributed by atoms with E-state index in [0.717, 1.165) is 5.71 Å². The van der Waals surface area contributed by atoms with Crippen molar-refractivity contribution >= 4 is 24.0 Å². The van der Waals surface area contributed by atoms with Gasteiger partial charge in [-0.05, 0) is 12.8 Å². The zero-order chi connectivity index (χ0) is 19.7. The number of nitrogens with zero attached hydrogens (tertiary/aromatic N) is 2. The number of benzene rings is 1. The van der Waals surface area contributed by atoms with Gasteiger partial charge in [-0.3, -0.25) is 4.99 Å². The Labute approximate surface area is 154 Å². The molecule has 1 rings (SSSR count). The first-order valence-electron chi connectivity index (χ1n) is 8.02. The van der Waals surface area contributed by atoms with Crippen LogP contribution in [0.5, 0.6) is 5.75 Å². The van der Waals surface area contributed by atoms with Gasteiger partial charge in [0.15, 0.2) is 0 Å². The van der Waals surface area contributed by atoms with Crippen LogP contribution in [0.2, 0.25) is 0 Å². The molecule has 0 heterocycles. The fraction of sp³-hybridized carbons (Fsp3) is 0.350. The van der Waals surface area contributed by atoms with Gasteiger partial charge < -0.3 is 14.2 Å². The number of methoxy groups -OCH3 is 2. The third kappa shape index (κ3) is 5.58. The molecule has 6 nitrogen and oxygen atoms in total. The molecule has 0 saturated heterocycles. The van der Waals surface area contributed by atoms with E-state index in [1.165, 1.54) is 20.5 Å². The van der Waals surface area contributed by atoms with E-state index in [4.69, 9.17) is 14.2 Å². The number of carbonyl (C=O) groups is 1. The fourth-order valence-electron chi connectivity index (χ4n) is 2.18. The molecule has 0 aromatic heterocycles. The van der Waals surface area contributed by atoms with E-state index in [0.29, 0.717) is 11.3 Å². The van der Waals surface area contributed by atoms with Gasteiger partial charge in [0.25, 0.3) is 0 Å². The summed E-state index contributed by atoms with van der Waals surface area (Å²) in [4.78, 5) is 20.3. The van der Waals surface area contributed by atoms with E-state index in [2.05, 4.69) is 16.7 Å². The Bertz CT molecular complexity index is 740. The lowest BCUT2D eigenvalue weighted by Gasteiger charge is -2.19. The van der Waals surface area contributed by atoms with Gasteiger partial charge in [-0.15, -0.1) is 0 Å². The Morgan fingerprint density at radius 3 is 2.35 bits per heavy atom. The van der Waals surface area contributed by atoms with Gasteiger partial charge >= 0.3 is 5.97 Å². The summed E-state index contributed by atoms with van der Waals surface area (Å²) >= 11 is 0. The molecule has 0 radical (unpaired) electrons. The maximum Gasteiger partial charge on any atom is 0.341 e. The topological polar surface area (TPSA) is 69.5 Å². The van der Waals surface area contributed by atoms with Crippen molar-refractivity contribution in [3.8, 4) is 5.75 Å². The number of allylic oxidation sites excluding steroid dienone is 1. The highest BCUT2D eigenvalue weighted by atomic mass is 16.5. The van der Waals surface area contributed by atoms with Crippen LogP contribution in [0.3, 0.4) is 0 Å². The van der Waals surface area contributed by atoms with Gasteiger partial charge in [-0.2, -0.15) is 0 Å². The average molecular weight is 358 g/mol. The minimum absolute atomic E-state index is 0.180. The Hall–Kier alpha value is -2.89. The smallest absolute Gasteiger partial charge is 0.341 e. The second-order valence-corrected chi connectivity index (χ2v) is 6.36. The standard InChI is InChI=1S/C20H26N2O4/c1-20(2,3)17(21-4)12-18(22-5)26-16-11-9-8-10-14(16)15(13-24-6)19(23)25-7/h8-13H,5H2,1-4,6-7H3/b15-13+,18-12+,21-17+. The van der Waals surface area contributed by atoms with Crippen molar-refractivity contribution in [3.63, 3.8) is 0 Å². The second-order valence-electron chi connectivity index (χ2n) is 6.36. The third-order valence-electron chi connectivity index (χ3n) is 3.46. The lowest BCUT2D eigenvalue weighted by molar-refractivity contribution is -0.133. The number of hydrogen-bond donors (Lipinski definition) is 0. The lowest BCUT2D eigenvalue weighted by Crippen LogP contribution is -2.19. The Morgan fingerprint density at radius 1 is 1.19 bits per heavy atom. The van der Waals surface area contributed by atoms with Crippen LogP contribution in [-0.2, 0) is 14.3 Å². The molecule has 0 N–H and O–H groups in total. The first-order valence-corrected chi connectivity index (χ1v) is 8.02. The summed E-state index contributed by atoms with van der Waals surface area (Å²) in [6.45, 7) is 9.68. The van der Waals surface area contributed by atoms with Crippen LogP contribution >= 0.6 is 0 Å². The predicted octanol–water partition coefficient (Wildman–Crippen LogP) is 3.88. The molecule has 0 aliphatic carbocycles. The highest BCUT2D eigenvalue weighted by molar-refractivity contribution is 6.17. The molecule has 0 amide bonds. The Morgan fingerprint density at radius 2 is 1.85 bits per heavy atom. The fourth-order valence-corrected chi connectivity index (χ4v) is 2.18. The van der Waals surface area contributed by atoms with Gasteiger partial charge in [0, 0.05) is 29.8 Å². The SMILES string of the molecule is C=N/C(=C\C(=N/C)C(C)(C)C)Oc1ccccc1/C(=C\OC)C(=O)OC. The van der Waals surface area contributed by atoms with Gasteiger partial charge in [-0.1, -0.05) is 39.0 Å². The molecule has 0 aliphatic rings. The number of para-hydroxylation sites is 1. The Kier molecular flexibility index (Phi) is 7.77. The van der Waals surface area contributed by atoms with Crippen molar-refractivity contribution in [2.24, 2.45) is 15.4 Å². The van der Waals surface area contributed by atoms with Crippen molar-refractivity contribution in [3.05, 3.63) is 48.1 Å². The second kappa shape index (κ2) is 9.56. The van der Waals surface area contributed by atoms with Crippen molar-refractivity contribution in [2.75, 3.05) is 21.3 Å². The molecular formula is C20H26N2O4. The monoisotopic (exact) mass is 358 g/mol. The van der Waals surface area contributed by atoms with Crippen molar-refractivity contribution in [2.45, 2.75) is 20.8 Å². The van der Waals surface area contributed by atoms with Crippen LogP contribution in [0, 0.1) is 5.41 Å². The highest BCUT2D eigenvalue weighted by Crippen LogP contribution is 2.29. The van der Waals surface area contributed by atoms with Gasteiger partial charge in [0.2, 0.25) is 5.88 Å². The summed E-state index contributed by atoms with van der Waals surface area (Å²) < 4.78 is 15.7. The molecule has 0 unspecified atom stereocenters. The van der Waals surface area contributed by atoms with Gasteiger partial charge in [-0.25, -0.2) is 9.79 Å². The normalized spacial score (nSPS) is 13.2. The van der Waals surface area contributed by atoms with E-state index < -0.39 is 5.97 Å². The van der Waals surface area contributed by atoms with Crippen molar-refractivity contribution < 1.29 is 19.0 Å². The number of hydrogen-bond acceptors (Lipinski definition) is 6. The van der Waals surface area contributed by atoms with Crippen LogP contribution < -0.4 is 4.74 Å². The van der Waals surface area contributed by atoms with E-state index in [1.807, 2.05) is 20.8 Å². The van der Waals surface area contributed by atoms with Crippen LogP contribution in [0.25, 0.3) is 5.57 Å². The van der Waals surface area contributed by atoms with E-state index in [-0.39, 0.29) is 16.9 Å². The maximum atomic E-state index is 12.1. The first-order chi connectivity index (χ1) is 12.3. The molecule has 0 bridgehead atoms. The molecule has 26 heavy (non-hydrogen) atoms. The number of rotatable bonds is 7. The molecule has 0 spiro atoms. The molecule has 1 aromatic rings. The van der Waals surface area contributed by atoms with Crippen LogP contribution in [0.15, 0.2) is 52.5 Å². The Balaban J connectivity index is 3.35. The molecule has 140 valence electrons. The van der Waals surface area contributed by atoms with Crippen LogP contribution in [0.4, 0.5) is 0 Å². The molecular weight excluding hydrogens is 332 g/mol. The molecule has 6 heteroatoms. The summed E-state index contributed by atoms with van der Waals surface area (Å²) in [5.74, 6) is 0.157. The molecule has 0 atom stereocenters. The maximum absolute atomic E-state index is 12.1. The van der Waals surface area contributed by atoms with Crippen LogP contribution in [-0.4, -0.2) is 39.7 Å². The summed E-state index contributed by atoms with van der Waals surface area (Å²) in [6.07, 6.45) is 3.04. The number of esters is 1. The van der Waals surface area contributed by atoms with Crippen molar-refractivity contribution in [1.82, 2.24) is 0 Å². The first kappa shape index (κ1) is 21.2. The molecule has 0 fully saturated rings. The summed E-state index contributed by atoms with van der Waals surface area (Å²) in [5.41, 5.74) is 1.37. The quantitative estimate of drug-likeness (QED) is 0.321. The number of carbonyl (C=O) groups excluding carboxylic acids is 1. The molecule has 1 aromatic carbocycles. The minimum Gasteiger partial charge on any atom is -0.503 e. The van der Waals surface area contributed by atoms with Crippen LogP contribution in [0.1, 0.15) is 26.3 Å². The minimum atomic E-state index is -0.537. The van der Waals surface area contributed by atoms with Gasteiger partial charge in [0.05, 0.1) is 20.5 Å². The van der Waals surface area contributed by atoms with Gasteiger partial charge in [0.1, 0.15) is 11.3 Å². The summed E-state index contributed by atoms with van der Waals surface area (Å²) in [5, 5.41) is 0. The zero-order valence-corrected chi connectivity index (χ0v) is 16.2. The number of aliphatic imine (C=N–C) groups is 2. The van der Waals surface area contributed by atoms with E-state index in [9.17, 15) is 4.79 Å². The largest absolute Gasteiger partial charge is 0.503 e. The summed E-state index contributed by atoms with van der Waals surface area (Å²) in [6, 6.07) is 7.03. The number of ether oxygens (including phenoxy) is 3. The highest BCUT2D eigenvalue weighted by Gasteiger charge is 2.20. The predicted molar refractivity (Wildman–Crippen MR) is 105 cm³/mol. The summed E-state index contributed by atoms with van der Waals surface area (Å²) in [7, 11) is 4.47. The lowest BCUT2D eigenvalue weighted by atomic mass is 9.90. The van der Waals surface area contributed by atoms with E-state index >= 15 is 0 Å². The molecule has 0 saturated carbocycles. The van der Waals surface area contributed by atoms with Crippen molar-refractivity contribution in [1.29, 1.82) is 0 Å². The third-order valence-corrected chi connectivity index (χ3v) is 3.46. The van der Waals surface area contributed by atoms with E-state index in [1.54, 1.807) is 37.4 Å². The molecule has 0 aliphatic heterocycles. The average Bonchev–Trinajstić information content (AvgIpc) is 2.61. The zero-order valence-electron chi connectivity index (χ0n) is 16.2.